The van der Waals surface area contributed by atoms with Gasteiger partial charge in [0.05, 0.1) is 11.7 Å². The Kier molecular flexibility index (Phi) is 3.79. The summed E-state index contributed by atoms with van der Waals surface area (Å²) in [6.45, 7) is 3.04. The monoisotopic (exact) mass is 265 g/mol. The van der Waals surface area contributed by atoms with Gasteiger partial charge in [0.1, 0.15) is 0 Å². The summed E-state index contributed by atoms with van der Waals surface area (Å²) in [6.07, 6.45) is 5.00. The lowest BCUT2D eigenvalue weighted by Crippen LogP contribution is -2.20. The lowest BCUT2D eigenvalue weighted by molar-refractivity contribution is 0.520. The van der Waals surface area contributed by atoms with E-state index in [0.717, 1.165) is 13.0 Å². The molecule has 0 aliphatic rings. The number of fused-ring (bicyclic) bond motifs is 1. The summed E-state index contributed by atoms with van der Waals surface area (Å²) in [5.41, 5.74) is 3.74. The third kappa shape index (κ3) is 2.58. The second-order valence-corrected chi connectivity index (χ2v) is 4.95. The van der Waals surface area contributed by atoms with Gasteiger partial charge in [-0.15, -0.1) is 0 Å². The van der Waals surface area contributed by atoms with Crippen LogP contribution in [0.2, 0.25) is 0 Å². The Bertz CT molecular complexity index is 673. The third-order valence-corrected chi connectivity index (χ3v) is 3.66. The number of pyridine rings is 1. The summed E-state index contributed by atoms with van der Waals surface area (Å²) >= 11 is 0. The molecule has 2 heterocycles. The van der Waals surface area contributed by atoms with E-state index in [1.807, 2.05) is 23.0 Å². The lowest BCUT2D eigenvalue weighted by atomic mass is 10.0. The number of nitrogens with zero attached hydrogens (tertiary/aromatic N) is 2. The van der Waals surface area contributed by atoms with Crippen LogP contribution in [0.3, 0.4) is 0 Å². The highest BCUT2D eigenvalue weighted by Gasteiger charge is 2.09. The topological polar surface area (TPSA) is 29.3 Å². The Labute approximate surface area is 119 Å². The van der Waals surface area contributed by atoms with E-state index in [1.165, 1.54) is 16.6 Å². The molecule has 0 amide bonds. The van der Waals surface area contributed by atoms with Crippen molar-refractivity contribution in [2.45, 2.75) is 25.9 Å². The van der Waals surface area contributed by atoms with Crippen molar-refractivity contribution in [3.63, 3.8) is 0 Å². The molecule has 1 aromatic carbocycles. The van der Waals surface area contributed by atoms with Gasteiger partial charge in [-0.25, -0.2) is 4.52 Å². The number of hydrogen-bond donors (Lipinski definition) is 1. The number of hydrogen-bond acceptors (Lipinski definition) is 2. The van der Waals surface area contributed by atoms with Crippen molar-refractivity contribution in [2.24, 2.45) is 0 Å². The first-order valence-electron chi connectivity index (χ1n) is 7.08. The highest BCUT2D eigenvalue weighted by atomic mass is 15.2. The van der Waals surface area contributed by atoms with Gasteiger partial charge >= 0.3 is 0 Å². The van der Waals surface area contributed by atoms with E-state index in [4.69, 9.17) is 0 Å². The van der Waals surface area contributed by atoms with Crippen LogP contribution in [-0.2, 0) is 6.54 Å². The van der Waals surface area contributed by atoms with Gasteiger partial charge in [0.25, 0.3) is 0 Å². The lowest BCUT2D eigenvalue weighted by Gasteiger charge is -2.17. The van der Waals surface area contributed by atoms with E-state index in [9.17, 15) is 0 Å². The van der Waals surface area contributed by atoms with Crippen molar-refractivity contribution in [1.29, 1.82) is 0 Å². The molecule has 0 radical (unpaired) electrons. The van der Waals surface area contributed by atoms with Gasteiger partial charge in [-0.3, -0.25) is 0 Å². The van der Waals surface area contributed by atoms with Crippen LogP contribution in [-0.4, -0.2) is 9.61 Å². The van der Waals surface area contributed by atoms with Crippen LogP contribution in [0.15, 0.2) is 60.9 Å². The molecule has 1 N–H and O–H groups in total. The van der Waals surface area contributed by atoms with Gasteiger partial charge in [0.15, 0.2) is 0 Å². The van der Waals surface area contributed by atoms with Crippen molar-refractivity contribution in [2.75, 3.05) is 0 Å². The van der Waals surface area contributed by atoms with Crippen LogP contribution < -0.4 is 5.32 Å². The second kappa shape index (κ2) is 5.88. The van der Waals surface area contributed by atoms with Crippen molar-refractivity contribution in [3.05, 3.63) is 72.1 Å². The van der Waals surface area contributed by atoms with E-state index < -0.39 is 0 Å². The Morgan fingerprint density at radius 2 is 1.90 bits per heavy atom. The molecule has 0 aliphatic carbocycles. The smallest absolute Gasteiger partial charge is 0.0706 e. The average Bonchev–Trinajstić information content (AvgIpc) is 2.92. The van der Waals surface area contributed by atoms with E-state index >= 15 is 0 Å². The molecule has 0 saturated carbocycles. The molecule has 0 fully saturated rings. The molecular weight excluding hydrogens is 246 g/mol. The van der Waals surface area contributed by atoms with E-state index in [1.54, 1.807) is 0 Å². The van der Waals surface area contributed by atoms with Crippen LogP contribution in [0.25, 0.3) is 5.52 Å². The number of nitrogens with one attached hydrogen (secondary N) is 1. The maximum absolute atomic E-state index is 4.37. The van der Waals surface area contributed by atoms with Crippen molar-refractivity contribution in [3.8, 4) is 0 Å². The molecule has 102 valence electrons. The van der Waals surface area contributed by atoms with Crippen LogP contribution in [0, 0.1) is 0 Å². The maximum atomic E-state index is 4.37. The summed E-state index contributed by atoms with van der Waals surface area (Å²) < 4.78 is 1.92. The number of aromatic nitrogens is 2. The fourth-order valence-electron chi connectivity index (χ4n) is 2.54. The summed E-state index contributed by atoms with van der Waals surface area (Å²) in [7, 11) is 0. The Morgan fingerprint density at radius 3 is 2.70 bits per heavy atom. The highest BCUT2D eigenvalue weighted by molar-refractivity contribution is 5.53. The SMILES string of the molecule is CCC(NCc1cnn2ccccc12)c1ccccc1. The quantitative estimate of drug-likeness (QED) is 0.764. The first-order valence-corrected chi connectivity index (χ1v) is 7.08. The first-order chi connectivity index (χ1) is 9.88. The predicted molar refractivity (Wildman–Crippen MR) is 81.5 cm³/mol. The average molecular weight is 265 g/mol. The largest absolute Gasteiger partial charge is 0.306 e. The van der Waals surface area contributed by atoms with Crippen LogP contribution >= 0.6 is 0 Å². The summed E-state index contributed by atoms with van der Waals surface area (Å²) in [6, 6.07) is 17.1. The Hall–Kier alpha value is -2.13. The van der Waals surface area contributed by atoms with Gasteiger partial charge in [-0.1, -0.05) is 43.3 Å². The zero-order valence-electron chi connectivity index (χ0n) is 11.7. The molecule has 0 spiro atoms. The van der Waals surface area contributed by atoms with Gasteiger partial charge in [-0.2, -0.15) is 5.10 Å². The number of benzene rings is 1. The molecule has 3 nitrogen and oxygen atoms in total. The molecule has 3 heteroatoms. The second-order valence-electron chi connectivity index (χ2n) is 4.95. The Balaban J connectivity index is 1.75. The molecule has 1 atom stereocenters. The highest BCUT2D eigenvalue weighted by Crippen LogP contribution is 2.18. The minimum absolute atomic E-state index is 0.384. The third-order valence-electron chi connectivity index (χ3n) is 3.66. The molecule has 3 rings (SSSR count). The van der Waals surface area contributed by atoms with Crippen LogP contribution in [0.1, 0.15) is 30.5 Å². The van der Waals surface area contributed by atoms with E-state index in [2.05, 4.69) is 59.8 Å². The molecule has 20 heavy (non-hydrogen) atoms. The molecule has 3 aromatic rings. The fraction of sp³-hybridized carbons (Fsp3) is 0.235. The molecule has 0 aliphatic heterocycles. The van der Waals surface area contributed by atoms with Crippen molar-refractivity contribution < 1.29 is 0 Å². The fourth-order valence-corrected chi connectivity index (χ4v) is 2.54. The van der Waals surface area contributed by atoms with Crippen molar-refractivity contribution >= 4 is 5.52 Å². The summed E-state index contributed by atoms with van der Waals surface area (Å²) in [5, 5.41) is 8.00. The van der Waals surface area contributed by atoms with E-state index in [-0.39, 0.29) is 0 Å². The zero-order valence-corrected chi connectivity index (χ0v) is 11.7. The minimum atomic E-state index is 0.384. The molecule has 1 unspecified atom stereocenters. The molecule has 2 aromatic heterocycles. The van der Waals surface area contributed by atoms with Gasteiger partial charge < -0.3 is 5.32 Å². The maximum Gasteiger partial charge on any atom is 0.0706 e. The zero-order chi connectivity index (χ0) is 13.8. The molecule has 0 bridgehead atoms. The summed E-state index contributed by atoms with van der Waals surface area (Å²) in [5.74, 6) is 0. The standard InChI is InChI=1S/C17H19N3/c1-2-16(14-8-4-3-5-9-14)18-12-15-13-19-20-11-7-6-10-17(15)20/h3-11,13,16,18H,2,12H2,1H3. The Morgan fingerprint density at radius 1 is 1.10 bits per heavy atom. The first kappa shape index (κ1) is 12.9. The molecule has 0 saturated heterocycles. The van der Waals surface area contributed by atoms with Crippen LogP contribution in [0.5, 0.6) is 0 Å². The summed E-state index contributed by atoms with van der Waals surface area (Å²) in [4.78, 5) is 0. The number of rotatable bonds is 5. The normalized spacial score (nSPS) is 12.7. The van der Waals surface area contributed by atoms with Gasteiger partial charge in [0.2, 0.25) is 0 Å². The van der Waals surface area contributed by atoms with Crippen molar-refractivity contribution in [1.82, 2.24) is 14.9 Å². The predicted octanol–water partition coefficient (Wildman–Crippen LogP) is 3.58. The van der Waals surface area contributed by atoms with Gasteiger partial charge in [0, 0.05) is 24.3 Å². The van der Waals surface area contributed by atoms with E-state index in [0.29, 0.717) is 6.04 Å². The minimum Gasteiger partial charge on any atom is -0.306 e. The molecular formula is C17H19N3. The van der Waals surface area contributed by atoms with Crippen LogP contribution in [0.4, 0.5) is 0 Å². The van der Waals surface area contributed by atoms with Gasteiger partial charge in [-0.05, 0) is 24.1 Å².